The van der Waals surface area contributed by atoms with Crippen LogP contribution in [0.15, 0.2) is 54.7 Å². The third-order valence-corrected chi connectivity index (χ3v) is 7.89. The van der Waals surface area contributed by atoms with Gasteiger partial charge in [0.1, 0.15) is 11.5 Å². The molecule has 0 unspecified atom stereocenters. The number of anilines is 1. The van der Waals surface area contributed by atoms with E-state index in [1.54, 1.807) is 14.2 Å². The van der Waals surface area contributed by atoms with E-state index in [9.17, 15) is 0 Å². The van der Waals surface area contributed by atoms with Crippen LogP contribution in [-0.4, -0.2) is 73.1 Å². The van der Waals surface area contributed by atoms with Crippen LogP contribution in [0.4, 0.5) is 5.69 Å². The first-order valence-electron chi connectivity index (χ1n) is 13.2. The number of nitrogens with one attached hydrogen (secondary N) is 1. The molecule has 0 bridgehead atoms. The van der Waals surface area contributed by atoms with Gasteiger partial charge < -0.3 is 19.7 Å². The molecule has 1 saturated carbocycles. The van der Waals surface area contributed by atoms with Crippen LogP contribution in [0.2, 0.25) is 0 Å². The van der Waals surface area contributed by atoms with Crippen LogP contribution in [0, 0.1) is 0 Å². The number of aromatic nitrogens is 2. The highest BCUT2D eigenvalue weighted by molar-refractivity contribution is 5.75. The number of likely N-dealkylation sites (N-methyl/N-ethyl adjacent to an activating group) is 1. The largest absolute Gasteiger partial charge is 0.496 e. The molecule has 36 heavy (non-hydrogen) atoms. The average Bonchev–Trinajstić information content (AvgIpc) is 3.42. The van der Waals surface area contributed by atoms with Crippen molar-refractivity contribution >= 4 is 5.69 Å². The van der Waals surface area contributed by atoms with Crippen LogP contribution in [-0.2, 0) is 6.54 Å². The van der Waals surface area contributed by atoms with Crippen LogP contribution in [0.3, 0.4) is 0 Å². The minimum atomic E-state index is 0.487. The summed E-state index contributed by atoms with van der Waals surface area (Å²) in [5.74, 6) is 1.63. The Bertz CT molecular complexity index is 1110. The van der Waals surface area contributed by atoms with Gasteiger partial charge in [0.15, 0.2) is 0 Å². The molecule has 2 aliphatic rings. The molecule has 2 aromatic carbocycles. The van der Waals surface area contributed by atoms with E-state index in [-0.39, 0.29) is 0 Å². The van der Waals surface area contributed by atoms with Gasteiger partial charge in [0.2, 0.25) is 0 Å². The number of ether oxygens (including phenoxy) is 2. The number of piperazine rings is 1. The fraction of sp³-hybridized carbons (Fsp3) is 0.483. The molecule has 0 amide bonds. The minimum Gasteiger partial charge on any atom is -0.496 e. The summed E-state index contributed by atoms with van der Waals surface area (Å²) in [7, 11) is 5.61. The molecule has 0 atom stereocenters. The molecular weight excluding hydrogens is 450 g/mol. The van der Waals surface area contributed by atoms with Crippen LogP contribution in [0.25, 0.3) is 11.3 Å². The van der Waals surface area contributed by atoms with Gasteiger partial charge in [-0.1, -0.05) is 24.3 Å². The van der Waals surface area contributed by atoms with Crippen LogP contribution in [0.5, 0.6) is 11.5 Å². The highest BCUT2D eigenvalue weighted by Gasteiger charge is 2.28. The number of benzene rings is 2. The van der Waals surface area contributed by atoms with Gasteiger partial charge in [0.05, 0.1) is 31.5 Å². The lowest BCUT2D eigenvalue weighted by Crippen LogP contribution is -2.49. The summed E-state index contributed by atoms with van der Waals surface area (Å²) in [6.45, 7) is 5.41. The third kappa shape index (κ3) is 5.37. The Kier molecular flexibility index (Phi) is 7.78. The molecule has 1 aliphatic heterocycles. The summed E-state index contributed by atoms with van der Waals surface area (Å²) in [6.07, 6.45) is 7.10. The first kappa shape index (κ1) is 24.7. The van der Waals surface area contributed by atoms with Gasteiger partial charge in [-0.15, -0.1) is 0 Å². The SMILES string of the molecule is COc1cccc(OC)c1CNc1ccccc1-c1ccn([C@H]2CC[C@H](N3CCN(C)CC3)CC2)n1. The van der Waals surface area contributed by atoms with Gasteiger partial charge in [0.25, 0.3) is 0 Å². The monoisotopic (exact) mass is 489 g/mol. The van der Waals surface area contributed by atoms with E-state index in [0.717, 1.165) is 40.0 Å². The predicted molar refractivity (Wildman–Crippen MR) is 145 cm³/mol. The van der Waals surface area contributed by atoms with E-state index in [4.69, 9.17) is 14.6 Å². The van der Waals surface area contributed by atoms with Crippen LogP contribution in [0.1, 0.15) is 37.3 Å². The number of para-hydroxylation sites is 1. The van der Waals surface area contributed by atoms with Crippen molar-refractivity contribution < 1.29 is 9.47 Å². The Labute approximate surface area is 215 Å². The first-order chi connectivity index (χ1) is 17.7. The molecule has 1 aliphatic carbocycles. The van der Waals surface area contributed by atoms with Crippen molar-refractivity contribution in [1.82, 2.24) is 19.6 Å². The van der Waals surface area contributed by atoms with Crippen LogP contribution >= 0.6 is 0 Å². The molecule has 0 spiro atoms. The Morgan fingerprint density at radius 2 is 1.50 bits per heavy atom. The molecule has 2 fully saturated rings. The molecule has 192 valence electrons. The lowest BCUT2D eigenvalue weighted by atomic mass is 9.90. The van der Waals surface area contributed by atoms with E-state index >= 15 is 0 Å². The molecule has 1 saturated heterocycles. The first-order valence-corrected chi connectivity index (χ1v) is 13.2. The number of hydrogen-bond acceptors (Lipinski definition) is 6. The summed E-state index contributed by atoms with van der Waals surface area (Å²) in [6, 6.07) is 17.6. The van der Waals surface area contributed by atoms with Crippen molar-refractivity contribution in [2.24, 2.45) is 0 Å². The van der Waals surface area contributed by atoms with Crippen molar-refractivity contribution in [2.75, 3.05) is 52.8 Å². The Hall–Kier alpha value is -3.03. The van der Waals surface area contributed by atoms with Gasteiger partial charge in [-0.2, -0.15) is 5.10 Å². The van der Waals surface area contributed by atoms with Gasteiger partial charge in [-0.3, -0.25) is 9.58 Å². The molecule has 3 aromatic rings. The molecule has 7 heteroatoms. The van der Waals surface area contributed by atoms with Crippen molar-refractivity contribution in [2.45, 2.75) is 44.3 Å². The van der Waals surface area contributed by atoms with Crippen molar-refractivity contribution in [3.63, 3.8) is 0 Å². The van der Waals surface area contributed by atoms with Gasteiger partial charge in [-0.05, 0) is 57.0 Å². The predicted octanol–water partition coefficient (Wildman–Crippen LogP) is 4.91. The Morgan fingerprint density at radius 3 is 2.19 bits per heavy atom. The molecule has 2 heterocycles. The zero-order valence-electron chi connectivity index (χ0n) is 21.8. The van der Waals surface area contributed by atoms with E-state index in [1.165, 1.54) is 51.9 Å². The summed E-state index contributed by atoms with van der Waals surface area (Å²) in [4.78, 5) is 5.15. The molecule has 5 rings (SSSR count). The van der Waals surface area contributed by atoms with E-state index in [0.29, 0.717) is 12.6 Å². The minimum absolute atomic E-state index is 0.487. The maximum absolute atomic E-state index is 5.57. The maximum Gasteiger partial charge on any atom is 0.127 e. The molecular formula is C29H39N5O2. The fourth-order valence-corrected chi connectivity index (χ4v) is 5.71. The second-order valence-electron chi connectivity index (χ2n) is 10.0. The lowest BCUT2D eigenvalue weighted by molar-refractivity contribution is 0.0811. The standard InChI is InChI=1S/C29H39N5O2/c1-32-17-19-33(20-18-32)22-11-13-23(14-12-22)34-16-15-27(31-34)24-7-4-5-8-26(24)30-21-25-28(35-2)9-6-10-29(25)36-3/h4-10,15-16,22-23,30H,11-14,17-21H2,1-3H3/t22-,23-. The second-order valence-corrected chi connectivity index (χ2v) is 10.0. The zero-order valence-corrected chi connectivity index (χ0v) is 21.8. The third-order valence-electron chi connectivity index (χ3n) is 7.89. The topological polar surface area (TPSA) is 54.8 Å². The van der Waals surface area contributed by atoms with Crippen molar-refractivity contribution in [3.8, 4) is 22.8 Å². The lowest BCUT2D eigenvalue weighted by Gasteiger charge is -2.41. The molecule has 0 radical (unpaired) electrons. The summed E-state index contributed by atoms with van der Waals surface area (Å²) in [5, 5.41) is 8.64. The highest BCUT2D eigenvalue weighted by Crippen LogP contribution is 2.34. The van der Waals surface area contributed by atoms with Gasteiger partial charge in [0, 0.05) is 56.2 Å². The van der Waals surface area contributed by atoms with Gasteiger partial charge in [-0.25, -0.2) is 0 Å². The number of nitrogens with zero attached hydrogens (tertiary/aromatic N) is 4. The summed E-state index contributed by atoms with van der Waals surface area (Å²) < 4.78 is 13.3. The van der Waals surface area contributed by atoms with Crippen LogP contribution < -0.4 is 14.8 Å². The van der Waals surface area contributed by atoms with Crippen molar-refractivity contribution in [1.29, 1.82) is 0 Å². The summed E-state index contributed by atoms with van der Waals surface area (Å²) in [5.41, 5.74) is 4.16. The zero-order chi connectivity index (χ0) is 24.9. The average molecular weight is 490 g/mol. The van der Waals surface area contributed by atoms with Gasteiger partial charge >= 0.3 is 0 Å². The normalized spacial score (nSPS) is 21.3. The summed E-state index contributed by atoms with van der Waals surface area (Å²) >= 11 is 0. The number of methoxy groups -OCH3 is 2. The molecule has 7 nitrogen and oxygen atoms in total. The fourth-order valence-electron chi connectivity index (χ4n) is 5.71. The Morgan fingerprint density at radius 1 is 0.833 bits per heavy atom. The van der Waals surface area contributed by atoms with Crippen molar-refractivity contribution in [3.05, 3.63) is 60.3 Å². The van der Waals surface area contributed by atoms with E-state index in [1.807, 2.05) is 18.2 Å². The highest BCUT2D eigenvalue weighted by atomic mass is 16.5. The van der Waals surface area contributed by atoms with E-state index < -0.39 is 0 Å². The quantitative estimate of drug-likeness (QED) is 0.485. The molecule has 1 N–H and O–H groups in total. The van der Waals surface area contributed by atoms with E-state index in [2.05, 4.69) is 63.4 Å². The number of hydrogen-bond donors (Lipinski definition) is 1. The smallest absolute Gasteiger partial charge is 0.127 e. The second kappa shape index (κ2) is 11.4. The molecule has 1 aromatic heterocycles. The Balaban J connectivity index is 1.25. The maximum atomic E-state index is 5.57. The number of rotatable bonds is 8.